The Morgan fingerprint density at radius 1 is 1.59 bits per heavy atom. The normalized spacial score (nSPS) is 11.7. The van der Waals surface area contributed by atoms with Crippen molar-refractivity contribution in [2.24, 2.45) is 5.29 Å². The van der Waals surface area contributed by atoms with Crippen molar-refractivity contribution in [1.82, 2.24) is 19.9 Å². The molecule has 0 aliphatic rings. The van der Waals surface area contributed by atoms with Crippen LogP contribution in [0.15, 0.2) is 27.1 Å². The summed E-state index contributed by atoms with van der Waals surface area (Å²) in [5, 5.41) is 5.64. The third-order valence-electron chi connectivity index (χ3n) is 2.73. The average molecular weight is 334 g/mol. The highest BCUT2D eigenvalue weighted by molar-refractivity contribution is 6.18. The van der Waals surface area contributed by atoms with Gasteiger partial charge in [-0.1, -0.05) is 0 Å². The molecule has 11 heteroatoms. The number of nitroso groups, excluding NO2 is 1. The van der Waals surface area contributed by atoms with Gasteiger partial charge in [-0.25, -0.2) is 9.59 Å². The van der Waals surface area contributed by atoms with Crippen LogP contribution < -0.4 is 16.6 Å². The quantitative estimate of drug-likeness (QED) is 0.393. The zero-order valence-electron chi connectivity index (χ0n) is 11.8. The zero-order chi connectivity index (χ0) is 16.5. The summed E-state index contributed by atoms with van der Waals surface area (Å²) in [5.74, 6) is 0.0760. The summed E-state index contributed by atoms with van der Waals surface area (Å²) in [6.45, 7) is 0.112. The summed E-state index contributed by atoms with van der Waals surface area (Å²) < 4.78 is 6.33. The number of carbonyl (C=O) groups is 1. The lowest BCUT2D eigenvalue weighted by Crippen LogP contribution is -2.39. The Labute approximate surface area is 130 Å². The van der Waals surface area contributed by atoms with Crippen molar-refractivity contribution >= 4 is 17.6 Å². The molecule has 0 bridgehead atoms. The number of amides is 2. The topological polar surface area (TPSA) is 126 Å². The lowest BCUT2D eigenvalue weighted by atomic mass is 10.3. The van der Waals surface area contributed by atoms with Crippen LogP contribution in [-0.4, -0.2) is 46.7 Å². The third kappa shape index (κ3) is 4.97. The molecule has 0 aliphatic carbocycles. The summed E-state index contributed by atoms with van der Waals surface area (Å²) in [5.41, 5.74) is -1.14. The number of rotatable bonds is 8. The van der Waals surface area contributed by atoms with Gasteiger partial charge in [-0.15, -0.1) is 16.5 Å². The van der Waals surface area contributed by atoms with Gasteiger partial charge in [0.2, 0.25) is 0 Å². The highest BCUT2D eigenvalue weighted by Gasteiger charge is 2.15. The van der Waals surface area contributed by atoms with Crippen molar-refractivity contribution in [2.75, 3.05) is 26.1 Å². The van der Waals surface area contributed by atoms with Gasteiger partial charge in [0.1, 0.15) is 6.23 Å². The summed E-state index contributed by atoms with van der Waals surface area (Å²) >= 11 is 5.43. The number of alkyl halides is 1. The van der Waals surface area contributed by atoms with Crippen molar-refractivity contribution in [3.63, 3.8) is 0 Å². The third-order valence-corrected chi connectivity index (χ3v) is 2.90. The second-order valence-corrected chi connectivity index (χ2v) is 4.50. The van der Waals surface area contributed by atoms with Crippen molar-refractivity contribution < 1.29 is 9.53 Å². The van der Waals surface area contributed by atoms with E-state index in [-0.39, 0.29) is 25.4 Å². The summed E-state index contributed by atoms with van der Waals surface area (Å²) in [4.78, 5) is 46.8. The van der Waals surface area contributed by atoms with E-state index in [0.29, 0.717) is 5.01 Å². The Bertz CT molecular complexity index is 615. The molecule has 0 saturated carbocycles. The maximum Gasteiger partial charge on any atom is 0.340 e. The first kappa shape index (κ1) is 17.9. The first-order valence-electron chi connectivity index (χ1n) is 6.32. The lowest BCUT2D eigenvalue weighted by molar-refractivity contribution is 0.0334. The fourth-order valence-corrected chi connectivity index (χ4v) is 1.84. The number of urea groups is 1. The Morgan fingerprint density at radius 3 is 2.86 bits per heavy atom. The minimum Gasteiger partial charge on any atom is -0.361 e. The number of hydrogen-bond acceptors (Lipinski definition) is 6. The number of halogens is 1. The number of hydrogen-bond donors (Lipinski definition) is 2. The van der Waals surface area contributed by atoms with Crippen LogP contribution in [0.1, 0.15) is 12.6 Å². The van der Waals surface area contributed by atoms with E-state index in [1.165, 1.54) is 23.9 Å². The van der Waals surface area contributed by atoms with Crippen LogP contribution in [0, 0.1) is 4.91 Å². The first-order chi connectivity index (χ1) is 10.5. The largest absolute Gasteiger partial charge is 0.361 e. The molecule has 1 atom stereocenters. The Hall–Kier alpha value is -2.20. The SMILES string of the molecule is COC(CCNC(=O)N(CCCl)N=O)n1ccc(=O)[nH]c1=O. The number of H-pyrrole nitrogens is 1. The highest BCUT2D eigenvalue weighted by Crippen LogP contribution is 2.07. The molecule has 0 fully saturated rings. The molecule has 0 radical (unpaired) electrons. The average Bonchev–Trinajstić information content (AvgIpc) is 2.50. The fraction of sp³-hybridized carbons (Fsp3) is 0.545. The molecule has 1 rings (SSSR count). The number of nitrogens with zero attached hydrogens (tertiary/aromatic N) is 3. The van der Waals surface area contributed by atoms with Crippen LogP contribution in [-0.2, 0) is 4.74 Å². The molecule has 1 heterocycles. The lowest BCUT2D eigenvalue weighted by Gasteiger charge is -2.18. The smallest absolute Gasteiger partial charge is 0.340 e. The Kier molecular flexibility index (Phi) is 7.26. The van der Waals surface area contributed by atoms with Crippen LogP contribution in [0.5, 0.6) is 0 Å². The summed E-state index contributed by atoms with van der Waals surface area (Å²) in [7, 11) is 1.39. The molecule has 0 saturated heterocycles. The van der Waals surface area contributed by atoms with Gasteiger partial charge in [-0.2, -0.15) is 5.01 Å². The molecule has 22 heavy (non-hydrogen) atoms. The zero-order valence-corrected chi connectivity index (χ0v) is 12.6. The van der Waals surface area contributed by atoms with E-state index >= 15 is 0 Å². The molecular formula is C11H16ClN5O5. The number of ether oxygens (including phenoxy) is 1. The molecular weight excluding hydrogens is 318 g/mol. The van der Waals surface area contributed by atoms with Gasteiger partial charge in [0.25, 0.3) is 5.56 Å². The van der Waals surface area contributed by atoms with Crippen LogP contribution in [0.3, 0.4) is 0 Å². The Morgan fingerprint density at radius 2 is 2.32 bits per heavy atom. The molecule has 0 aromatic carbocycles. The van der Waals surface area contributed by atoms with Crippen LogP contribution >= 0.6 is 11.6 Å². The predicted molar refractivity (Wildman–Crippen MR) is 78.6 cm³/mol. The molecule has 1 aromatic rings. The van der Waals surface area contributed by atoms with Gasteiger partial charge in [0.05, 0.1) is 11.8 Å². The maximum absolute atomic E-state index is 11.6. The number of methoxy groups -OCH3 is 1. The standard InChI is InChI=1S/C11H16ClN5O5/c1-22-9(16-6-3-8(18)14-11(16)20)2-5-13-10(19)17(15-21)7-4-12/h3,6,9H,2,4-5,7H2,1H3,(H,13,19)(H,14,18,20). The van der Waals surface area contributed by atoms with Crippen molar-refractivity contribution in [1.29, 1.82) is 0 Å². The molecule has 1 aromatic heterocycles. The van der Waals surface area contributed by atoms with Gasteiger partial charge in [-0.3, -0.25) is 14.3 Å². The van der Waals surface area contributed by atoms with E-state index in [1.807, 2.05) is 0 Å². The second kappa shape index (κ2) is 8.95. The molecule has 0 aliphatic heterocycles. The monoisotopic (exact) mass is 333 g/mol. The van der Waals surface area contributed by atoms with Gasteiger partial charge < -0.3 is 10.1 Å². The summed E-state index contributed by atoms with van der Waals surface area (Å²) in [6, 6.07) is 0.490. The van der Waals surface area contributed by atoms with Gasteiger partial charge in [-0.05, 0) is 0 Å². The minimum atomic E-state index is -0.695. The molecule has 2 amide bonds. The molecule has 10 nitrogen and oxygen atoms in total. The minimum absolute atomic E-state index is 0.00994. The summed E-state index contributed by atoms with van der Waals surface area (Å²) in [6.07, 6.45) is 0.849. The van der Waals surface area contributed by atoms with E-state index in [2.05, 4.69) is 15.6 Å². The van der Waals surface area contributed by atoms with Crippen LogP contribution in [0.2, 0.25) is 0 Å². The van der Waals surface area contributed by atoms with Gasteiger partial charge in [0, 0.05) is 38.2 Å². The number of aromatic nitrogens is 2. The van der Waals surface area contributed by atoms with Crippen LogP contribution in [0.25, 0.3) is 0 Å². The van der Waals surface area contributed by atoms with E-state index in [9.17, 15) is 19.3 Å². The first-order valence-corrected chi connectivity index (χ1v) is 6.85. The van der Waals surface area contributed by atoms with E-state index in [1.54, 1.807) is 0 Å². The van der Waals surface area contributed by atoms with Crippen molar-refractivity contribution in [3.05, 3.63) is 38.0 Å². The number of nitrogens with one attached hydrogen (secondary N) is 2. The molecule has 2 N–H and O–H groups in total. The maximum atomic E-state index is 11.6. The number of aromatic amines is 1. The number of carbonyl (C=O) groups excluding carboxylic acids is 1. The van der Waals surface area contributed by atoms with Crippen molar-refractivity contribution in [3.8, 4) is 0 Å². The molecule has 0 spiro atoms. The molecule has 122 valence electrons. The fourth-order valence-electron chi connectivity index (χ4n) is 1.68. The van der Waals surface area contributed by atoms with Crippen LogP contribution in [0.4, 0.5) is 4.79 Å². The Balaban J connectivity index is 2.61. The van der Waals surface area contributed by atoms with Gasteiger partial charge >= 0.3 is 11.7 Å². The van der Waals surface area contributed by atoms with Gasteiger partial charge in [0.15, 0.2) is 0 Å². The van der Waals surface area contributed by atoms with E-state index in [0.717, 1.165) is 0 Å². The second-order valence-electron chi connectivity index (χ2n) is 4.12. The van der Waals surface area contributed by atoms with E-state index in [4.69, 9.17) is 16.3 Å². The molecule has 1 unspecified atom stereocenters. The van der Waals surface area contributed by atoms with Crippen molar-refractivity contribution in [2.45, 2.75) is 12.6 Å². The van der Waals surface area contributed by atoms with E-state index < -0.39 is 23.5 Å². The predicted octanol–water partition coefficient (Wildman–Crippen LogP) is 0.00350. The highest BCUT2D eigenvalue weighted by atomic mass is 35.5.